The van der Waals surface area contributed by atoms with Crippen LogP contribution in [0.1, 0.15) is 23.9 Å². The lowest BCUT2D eigenvalue weighted by Crippen LogP contribution is -2.13. The number of fused-ring (bicyclic) bond motifs is 1. The van der Waals surface area contributed by atoms with Crippen molar-refractivity contribution < 1.29 is 13.9 Å². The van der Waals surface area contributed by atoms with Crippen LogP contribution in [0.25, 0.3) is 22.7 Å². The largest absolute Gasteiger partial charge is 0.497 e. The van der Waals surface area contributed by atoms with Gasteiger partial charge in [0, 0.05) is 24.4 Å². The Morgan fingerprint density at radius 3 is 2.67 bits per heavy atom. The normalized spacial score (nSPS) is 15.3. The van der Waals surface area contributed by atoms with E-state index in [2.05, 4.69) is 9.55 Å². The van der Waals surface area contributed by atoms with Crippen molar-refractivity contribution in [2.75, 3.05) is 13.7 Å². The van der Waals surface area contributed by atoms with Crippen molar-refractivity contribution in [3.05, 3.63) is 78.6 Å². The molecule has 0 saturated heterocycles. The second kappa shape index (κ2) is 8.16. The maximum absolute atomic E-state index is 6.10. The first-order chi connectivity index (χ1) is 14.8. The highest BCUT2D eigenvalue weighted by molar-refractivity contribution is 5.77. The third-order valence-corrected chi connectivity index (χ3v) is 5.50. The lowest BCUT2D eigenvalue weighted by atomic mass is 10.1. The van der Waals surface area contributed by atoms with Crippen molar-refractivity contribution in [2.24, 2.45) is 0 Å². The van der Waals surface area contributed by atoms with Crippen LogP contribution in [-0.2, 0) is 17.8 Å². The summed E-state index contributed by atoms with van der Waals surface area (Å²) in [7, 11) is 1.67. The van der Waals surface area contributed by atoms with Gasteiger partial charge < -0.3 is 18.5 Å². The summed E-state index contributed by atoms with van der Waals surface area (Å²) in [5.41, 5.74) is 4.15. The predicted octanol–water partition coefficient (Wildman–Crippen LogP) is 4.92. The van der Waals surface area contributed by atoms with Gasteiger partial charge in [-0.25, -0.2) is 4.98 Å². The Balaban J connectivity index is 1.40. The van der Waals surface area contributed by atoms with Gasteiger partial charge in [0.25, 0.3) is 0 Å². The molecule has 1 aromatic carbocycles. The lowest BCUT2D eigenvalue weighted by molar-refractivity contribution is 0.0925. The Morgan fingerprint density at radius 2 is 1.93 bits per heavy atom. The van der Waals surface area contributed by atoms with Gasteiger partial charge in [0.05, 0.1) is 38.3 Å². The van der Waals surface area contributed by atoms with Crippen LogP contribution in [0, 0.1) is 0 Å². The Hall–Kier alpha value is -3.38. The van der Waals surface area contributed by atoms with Gasteiger partial charge in [-0.3, -0.25) is 4.98 Å². The monoisotopic (exact) mass is 401 g/mol. The van der Waals surface area contributed by atoms with Crippen LogP contribution in [0.2, 0.25) is 0 Å². The predicted molar refractivity (Wildman–Crippen MR) is 113 cm³/mol. The molecule has 1 unspecified atom stereocenters. The topological polar surface area (TPSA) is 62.3 Å². The Kier molecular flexibility index (Phi) is 5.07. The summed E-state index contributed by atoms with van der Waals surface area (Å²) in [6.07, 6.45) is 7.25. The van der Waals surface area contributed by atoms with Crippen molar-refractivity contribution >= 4 is 0 Å². The summed E-state index contributed by atoms with van der Waals surface area (Å²) in [4.78, 5) is 9.09. The quantitative estimate of drug-likeness (QED) is 0.440. The second-order valence-electron chi connectivity index (χ2n) is 7.36. The maximum atomic E-state index is 6.10. The summed E-state index contributed by atoms with van der Waals surface area (Å²) in [6, 6.07) is 16.1. The molecule has 0 bridgehead atoms. The smallest absolute Gasteiger partial charge is 0.154 e. The SMILES string of the molecule is COc1ccc(COCC2CCc3nc(-c4ccco4)c(-c4ccncc4)n32)cc1. The van der Waals surface area contributed by atoms with Crippen molar-refractivity contribution in [3.63, 3.8) is 0 Å². The van der Waals surface area contributed by atoms with E-state index in [0.29, 0.717) is 13.2 Å². The first-order valence-corrected chi connectivity index (χ1v) is 10.1. The average molecular weight is 401 g/mol. The van der Waals surface area contributed by atoms with Crippen LogP contribution >= 0.6 is 0 Å². The van der Waals surface area contributed by atoms with Gasteiger partial charge in [-0.15, -0.1) is 0 Å². The zero-order valence-corrected chi connectivity index (χ0v) is 16.8. The molecule has 0 radical (unpaired) electrons. The number of pyridine rings is 1. The molecule has 152 valence electrons. The van der Waals surface area contributed by atoms with Gasteiger partial charge in [0.15, 0.2) is 5.76 Å². The molecule has 0 N–H and O–H groups in total. The van der Waals surface area contributed by atoms with E-state index in [1.807, 2.05) is 60.9 Å². The second-order valence-corrected chi connectivity index (χ2v) is 7.36. The molecule has 3 aromatic heterocycles. The molecule has 1 aliphatic heterocycles. The molecule has 4 heterocycles. The minimum atomic E-state index is 0.234. The molecule has 0 spiro atoms. The highest BCUT2D eigenvalue weighted by atomic mass is 16.5. The van der Waals surface area contributed by atoms with Gasteiger partial charge in [-0.2, -0.15) is 0 Å². The van der Waals surface area contributed by atoms with E-state index in [9.17, 15) is 0 Å². The number of imidazole rings is 1. The van der Waals surface area contributed by atoms with E-state index in [-0.39, 0.29) is 6.04 Å². The van der Waals surface area contributed by atoms with E-state index in [4.69, 9.17) is 18.9 Å². The summed E-state index contributed by atoms with van der Waals surface area (Å²) in [5.74, 6) is 2.71. The first kappa shape index (κ1) is 18.6. The van der Waals surface area contributed by atoms with Crippen LogP contribution in [0.5, 0.6) is 5.75 Å². The molecule has 30 heavy (non-hydrogen) atoms. The highest BCUT2D eigenvalue weighted by Crippen LogP contribution is 2.39. The third-order valence-electron chi connectivity index (χ3n) is 5.50. The number of rotatable bonds is 7. The maximum Gasteiger partial charge on any atom is 0.154 e. The molecule has 5 rings (SSSR count). The number of methoxy groups -OCH3 is 1. The molecular formula is C24H23N3O3. The van der Waals surface area contributed by atoms with Crippen LogP contribution in [0.15, 0.2) is 71.6 Å². The Bertz CT molecular complexity index is 1100. The van der Waals surface area contributed by atoms with Crippen LogP contribution in [-0.4, -0.2) is 28.3 Å². The molecule has 6 nitrogen and oxygen atoms in total. The molecule has 1 atom stereocenters. The van der Waals surface area contributed by atoms with Crippen molar-refractivity contribution in [1.82, 2.24) is 14.5 Å². The van der Waals surface area contributed by atoms with E-state index < -0.39 is 0 Å². The molecule has 0 amide bonds. The zero-order chi connectivity index (χ0) is 20.3. The molecule has 6 heteroatoms. The fourth-order valence-corrected chi connectivity index (χ4v) is 4.04. The van der Waals surface area contributed by atoms with Crippen LogP contribution < -0.4 is 4.74 Å². The Morgan fingerprint density at radius 1 is 1.10 bits per heavy atom. The fraction of sp³-hybridized carbons (Fsp3) is 0.250. The fourth-order valence-electron chi connectivity index (χ4n) is 4.04. The number of hydrogen-bond acceptors (Lipinski definition) is 5. The first-order valence-electron chi connectivity index (χ1n) is 10.1. The van der Waals surface area contributed by atoms with Crippen molar-refractivity contribution in [2.45, 2.75) is 25.5 Å². The molecule has 0 aliphatic carbocycles. The number of nitrogens with zero attached hydrogens (tertiary/aromatic N) is 3. The van der Waals surface area contributed by atoms with E-state index in [0.717, 1.165) is 52.7 Å². The van der Waals surface area contributed by atoms with Gasteiger partial charge >= 0.3 is 0 Å². The summed E-state index contributed by atoms with van der Waals surface area (Å²) in [6.45, 7) is 1.20. The molecule has 0 fully saturated rings. The third kappa shape index (κ3) is 3.50. The van der Waals surface area contributed by atoms with E-state index in [1.165, 1.54) is 0 Å². The molecule has 0 saturated carbocycles. The Labute approximate surface area is 175 Å². The zero-order valence-electron chi connectivity index (χ0n) is 16.8. The number of benzene rings is 1. The lowest BCUT2D eigenvalue weighted by Gasteiger charge is -2.17. The number of aryl methyl sites for hydroxylation is 1. The van der Waals surface area contributed by atoms with Gasteiger partial charge in [0.1, 0.15) is 17.3 Å². The number of ether oxygens (including phenoxy) is 2. The van der Waals surface area contributed by atoms with Gasteiger partial charge in [-0.05, 0) is 48.4 Å². The van der Waals surface area contributed by atoms with Crippen molar-refractivity contribution in [3.8, 4) is 28.5 Å². The summed E-state index contributed by atoms with van der Waals surface area (Å²) >= 11 is 0. The van der Waals surface area contributed by atoms with Crippen LogP contribution in [0.4, 0.5) is 0 Å². The number of aromatic nitrogens is 3. The van der Waals surface area contributed by atoms with E-state index in [1.54, 1.807) is 13.4 Å². The number of hydrogen-bond donors (Lipinski definition) is 0. The van der Waals surface area contributed by atoms with Crippen LogP contribution in [0.3, 0.4) is 0 Å². The average Bonchev–Trinajstić information content (AvgIpc) is 3.52. The molecular weight excluding hydrogens is 378 g/mol. The highest BCUT2D eigenvalue weighted by Gasteiger charge is 2.31. The molecule has 4 aromatic rings. The van der Waals surface area contributed by atoms with Gasteiger partial charge in [0.2, 0.25) is 0 Å². The van der Waals surface area contributed by atoms with Gasteiger partial charge in [-0.1, -0.05) is 12.1 Å². The van der Waals surface area contributed by atoms with E-state index >= 15 is 0 Å². The molecule has 1 aliphatic rings. The number of furan rings is 1. The van der Waals surface area contributed by atoms with Crippen molar-refractivity contribution in [1.29, 1.82) is 0 Å². The minimum absolute atomic E-state index is 0.234. The summed E-state index contributed by atoms with van der Waals surface area (Å²) in [5, 5.41) is 0. The standard InChI is InChI=1S/C24H23N3O3/c1-28-20-7-4-17(5-8-20)15-29-16-19-6-9-22-26-23(21-3-2-14-30-21)24(27(19)22)18-10-12-25-13-11-18/h2-5,7-8,10-14,19H,6,9,15-16H2,1H3. The summed E-state index contributed by atoms with van der Waals surface area (Å²) < 4.78 is 19.3. The minimum Gasteiger partial charge on any atom is -0.497 e.